The summed E-state index contributed by atoms with van der Waals surface area (Å²) in [6, 6.07) is 6.01. The second kappa shape index (κ2) is 5.71. The summed E-state index contributed by atoms with van der Waals surface area (Å²) in [6.45, 7) is 0.604. The van der Waals surface area contributed by atoms with Crippen molar-refractivity contribution in [1.29, 1.82) is 0 Å². The summed E-state index contributed by atoms with van der Waals surface area (Å²) in [5, 5.41) is 3.90. The van der Waals surface area contributed by atoms with Crippen LogP contribution in [0.1, 0.15) is 11.6 Å². The van der Waals surface area contributed by atoms with Crippen LogP contribution in [0.5, 0.6) is 0 Å². The van der Waals surface area contributed by atoms with Crippen LogP contribution in [-0.2, 0) is 4.74 Å². The van der Waals surface area contributed by atoms with Gasteiger partial charge in [-0.2, -0.15) is 0 Å². The van der Waals surface area contributed by atoms with Crippen molar-refractivity contribution in [2.45, 2.75) is 6.04 Å². The molecule has 4 heteroatoms. The van der Waals surface area contributed by atoms with Crippen molar-refractivity contribution in [3.05, 3.63) is 33.3 Å². The molecule has 1 atom stereocenters. The topological polar surface area (TPSA) is 21.3 Å². The predicted molar refractivity (Wildman–Crippen MR) is 62.8 cm³/mol. The summed E-state index contributed by atoms with van der Waals surface area (Å²) in [5.41, 5.74) is 1.05. The molecule has 0 heterocycles. The highest BCUT2D eigenvalue weighted by molar-refractivity contribution is 9.10. The number of benzene rings is 1. The van der Waals surface area contributed by atoms with Crippen molar-refractivity contribution in [3.63, 3.8) is 0 Å². The van der Waals surface area contributed by atoms with E-state index < -0.39 is 0 Å². The van der Waals surface area contributed by atoms with Crippen molar-refractivity contribution >= 4 is 27.5 Å². The molecule has 0 aliphatic carbocycles. The molecule has 0 saturated heterocycles. The van der Waals surface area contributed by atoms with Crippen LogP contribution in [0.15, 0.2) is 22.7 Å². The monoisotopic (exact) mass is 277 g/mol. The molecule has 1 aromatic carbocycles. The summed E-state index contributed by atoms with van der Waals surface area (Å²) < 4.78 is 6.02. The zero-order valence-electron chi connectivity index (χ0n) is 8.18. The van der Waals surface area contributed by atoms with Crippen molar-refractivity contribution in [2.24, 2.45) is 0 Å². The van der Waals surface area contributed by atoms with Gasteiger partial charge in [-0.25, -0.2) is 0 Å². The molecule has 0 saturated carbocycles. The summed E-state index contributed by atoms with van der Waals surface area (Å²) in [6.07, 6.45) is 0. The molecule has 0 spiro atoms. The van der Waals surface area contributed by atoms with Gasteiger partial charge in [0.05, 0.1) is 17.7 Å². The van der Waals surface area contributed by atoms with Gasteiger partial charge in [-0.3, -0.25) is 0 Å². The van der Waals surface area contributed by atoms with Gasteiger partial charge in [0.25, 0.3) is 0 Å². The molecular weight excluding hydrogens is 265 g/mol. The van der Waals surface area contributed by atoms with Crippen molar-refractivity contribution in [3.8, 4) is 0 Å². The normalized spacial score (nSPS) is 12.9. The number of nitrogens with one attached hydrogen (secondary N) is 1. The molecule has 0 amide bonds. The maximum absolute atomic E-state index is 6.16. The first-order chi connectivity index (χ1) is 6.70. The summed E-state index contributed by atoms with van der Waals surface area (Å²) in [7, 11) is 3.57. The largest absolute Gasteiger partial charge is 0.383 e. The van der Waals surface area contributed by atoms with Gasteiger partial charge in [0.1, 0.15) is 0 Å². The Kier molecular flexibility index (Phi) is 4.89. The molecule has 0 bridgehead atoms. The lowest BCUT2D eigenvalue weighted by Gasteiger charge is -2.17. The lowest BCUT2D eigenvalue weighted by atomic mass is 10.1. The van der Waals surface area contributed by atoms with Gasteiger partial charge in [-0.1, -0.05) is 23.7 Å². The highest BCUT2D eigenvalue weighted by atomic mass is 79.9. The second-order valence-corrected chi connectivity index (χ2v) is 4.17. The smallest absolute Gasteiger partial charge is 0.0658 e. The maximum atomic E-state index is 6.16. The zero-order chi connectivity index (χ0) is 10.6. The Labute approximate surface area is 97.7 Å². The fourth-order valence-corrected chi connectivity index (χ4v) is 1.92. The minimum Gasteiger partial charge on any atom is -0.383 e. The molecular formula is C10H13BrClNO. The molecule has 1 N–H and O–H groups in total. The van der Waals surface area contributed by atoms with E-state index in [0.717, 1.165) is 15.1 Å². The van der Waals surface area contributed by atoms with Gasteiger partial charge in [-0.15, -0.1) is 0 Å². The maximum Gasteiger partial charge on any atom is 0.0658 e. The number of hydrogen-bond acceptors (Lipinski definition) is 2. The molecule has 0 aromatic heterocycles. The molecule has 0 radical (unpaired) electrons. The third-order valence-electron chi connectivity index (χ3n) is 2.04. The van der Waals surface area contributed by atoms with Gasteiger partial charge >= 0.3 is 0 Å². The van der Waals surface area contributed by atoms with E-state index in [-0.39, 0.29) is 6.04 Å². The van der Waals surface area contributed by atoms with Crippen LogP contribution in [0.2, 0.25) is 5.02 Å². The Morgan fingerprint density at radius 2 is 2.29 bits per heavy atom. The average Bonchev–Trinajstić information content (AvgIpc) is 2.19. The van der Waals surface area contributed by atoms with E-state index in [0.29, 0.717) is 6.61 Å². The predicted octanol–water partition coefficient (Wildman–Crippen LogP) is 3.01. The Hall–Kier alpha value is -0.0900. The fraction of sp³-hybridized carbons (Fsp3) is 0.400. The van der Waals surface area contributed by atoms with E-state index in [2.05, 4.69) is 21.2 Å². The number of hydrogen-bond donors (Lipinski definition) is 1. The third-order valence-corrected chi connectivity index (χ3v) is 3.35. The minimum absolute atomic E-state index is 0.130. The summed E-state index contributed by atoms with van der Waals surface area (Å²) >= 11 is 9.55. The van der Waals surface area contributed by atoms with Crippen LogP contribution in [0.3, 0.4) is 0 Å². The Bertz CT molecular complexity index is 306. The minimum atomic E-state index is 0.130. The molecule has 2 nitrogen and oxygen atoms in total. The highest BCUT2D eigenvalue weighted by Gasteiger charge is 2.13. The first kappa shape index (κ1) is 12.0. The van der Waals surface area contributed by atoms with Crippen molar-refractivity contribution < 1.29 is 4.74 Å². The van der Waals surface area contributed by atoms with Gasteiger partial charge in [-0.05, 0) is 34.6 Å². The average molecular weight is 279 g/mol. The molecule has 0 aliphatic rings. The van der Waals surface area contributed by atoms with Crippen molar-refractivity contribution in [2.75, 3.05) is 20.8 Å². The number of halogens is 2. The fourth-order valence-electron chi connectivity index (χ4n) is 1.28. The lowest BCUT2D eigenvalue weighted by Crippen LogP contribution is -2.21. The number of ether oxygens (including phenoxy) is 1. The molecule has 14 heavy (non-hydrogen) atoms. The molecule has 0 fully saturated rings. The number of rotatable bonds is 4. The van der Waals surface area contributed by atoms with Gasteiger partial charge < -0.3 is 10.1 Å². The van der Waals surface area contributed by atoms with Crippen LogP contribution in [-0.4, -0.2) is 20.8 Å². The molecule has 1 aromatic rings. The molecule has 0 aliphatic heterocycles. The van der Waals surface area contributed by atoms with E-state index >= 15 is 0 Å². The lowest BCUT2D eigenvalue weighted by molar-refractivity contribution is 0.170. The van der Waals surface area contributed by atoms with E-state index in [9.17, 15) is 0 Å². The standard InChI is InChI=1S/C10H13BrClNO/c1-13-9(6-14-2)7-4-3-5-8(11)10(7)12/h3-5,9,13H,6H2,1-2H3. The van der Waals surface area contributed by atoms with Crippen LogP contribution < -0.4 is 5.32 Å². The highest BCUT2D eigenvalue weighted by Crippen LogP contribution is 2.30. The third kappa shape index (κ3) is 2.70. The van der Waals surface area contributed by atoms with Crippen LogP contribution in [0.25, 0.3) is 0 Å². The van der Waals surface area contributed by atoms with Crippen LogP contribution >= 0.6 is 27.5 Å². The molecule has 1 rings (SSSR count). The quantitative estimate of drug-likeness (QED) is 0.914. The van der Waals surface area contributed by atoms with Crippen LogP contribution in [0.4, 0.5) is 0 Å². The summed E-state index contributed by atoms with van der Waals surface area (Å²) in [5.74, 6) is 0. The zero-order valence-corrected chi connectivity index (χ0v) is 10.5. The van der Waals surface area contributed by atoms with E-state index in [1.807, 2.05) is 25.2 Å². The summed E-state index contributed by atoms with van der Waals surface area (Å²) in [4.78, 5) is 0. The van der Waals surface area contributed by atoms with E-state index in [1.165, 1.54) is 0 Å². The van der Waals surface area contributed by atoms with Crippen LogP contribution in [0, 0.1) is 0 Å². The first-order valence-corrected chi connectivity index (χ1v) is 5.48. The van der Waals surface area contributed by atoms with Gasteiger partial charge in [0, 0.05) is 11.6 Å². The Morgan fingerprint density at radius 1 is 1.57 bits per heavy atom. The molecule has 78 valence electrons. The SMILES string of the molecule is CNC(COC)c1cccc(Br)c1Cl. The number of methoxy groups -OCH3 is 1. The Balaban J connectivity index is 2.97. The van der Waals surface area contributed by atoms with Gasteiger partial charge in [0.2, 0.25) is 0 Å². The number of likely N-dealkylation sites (N-methyl/N-ethyl adjacent to an activating group) is 1. The van der Waals surface area contributed by atoms with Crippen molar-refractivity contribution in [1.82, 2.24) is 5.32 Å². The molecule has 1 unspecified atom stereocenters. The van der Waals surface area contributed by atoms with E-state index in [4.69, 9.17) is 16.3 Å². The second-order valence-electron chi connectivity index (χ2n) is 2.94. The Morgan fingerprint density at radius 3 is 2.86 bits per heavy atom. The van der Waals surface area contributed by atoms with E-state index in [1.54, 1.807) is 7.11 Å². The first-order valence-electron chi connectivity index (χ1n) is 4.30. The van der Waals surface area contributed by atoms with Gasteiger partial charge in [0.15, 0.2) is 0 Å².